The Bertz CT molecular complexity index is 802. The lowest BCUT2D eigenvalue weighted by molar-refractivity contribution is 0.0521. The van der Waals surface area contributed by atoms with Crippen molar-refractivity contribution in [3.63, 3.8) is 0 Å². The van der Waals surface area contributed by atoms with Gasteiger partial charge < -0.3 is 20.1 Å². The molecule has 7 heteroatoms. The number of carbonyl (C=O) groups excluding carboxylic acids is 2. The molecule has 1 spiro atoms. The molecule has 1 aromatic carbocycles. The van der Waals surface area contributed by atoms with E-state index in [-0.39, 0.29) is 11.5 Å². The first kappa shape index (κ1) is 22.4. The van der Waals surface area contributed by atoms with Crippen molar-refractivity contribution >= 4 is 17.9 Å². The monoisotopic (exact) mass is 417 g/mol. The maximum Gasteiger partial charge on any atom is 0.414 e. The molecule has 2 aliphatic heterocycles. The van der Waals surface area contributed by atoms with Gasteiger partial charge in [0.05, 0.1) is 5.69 Å². The van der Waals surface area contributed by atoms with Gasteiger partial charge in [0, 0.05) is 18.5 Å². The van der Waals surface area contributed by atoms with E-state index in [9.17, 15) is 9.59 Å². The van der Waals surface area contributed by atoms with E-state index in [2.05, 4.69) is 10.6 Å². The van der Waals surface area contributed by atoms with Gasteiger partial charge in [-0.25, -0.2) is 9.59 Å². The first-order chi connectivity index (χ1) is 13.9. The number of carbonyl (C=O) groups is 2. The lowest BCUT2D eigenvalue weighted by Crippen LogP contribution is -2.45. The van der Waals surface area contributed by atoms with Crippen molar-refractivity contribution in [2.75, 3.05) is 24.5 Å². The summed E-state index contributed by atoms with van der Waals surface area (Å²) in [4.78, 5) is 27.0. The minimum Gasteiger partial charge on any atom is -0.444 e. The second-order valence-corrected chi connectivity index (χ2v) is 10.3. The molecule has 7 nitrogen and oxygen atoms in total. The molecule has 3 rings (SSSR count). The Hall–Kier alpha value is -2.28. The van der Waals surface area contributed by atoms with E-state index in [4.69, 9.17) is 9.47 Å². The Morgan fingerprint density at radius 2 is 1.70 bits per heavy atom. The van der Waals surface area contributed by atoms with Crippen LogP contribution < -0.4 is 15.5 Å². The zero-order valence-electron chi connectivity index (χ0n) is 19.1. The largest absolute Gasteiger partial charge is 0.444 e. The molecule has 2 heterocycles. The predicted molar refractivity (Wildman–Crippen MR) is 117 cm³/mol. The lowest BCUT2D eigenvalue weighted by atomic mass is 9.73. The summed E-state index contributed by atoms with van der Waals surface area (Å²) in [6, 6.07) is 5.94. The Morgan fingerprint density at radius 3 is 2.30 bits per heavy atom. The number of amides is 2. The van der Waals surface area contributed by atoms with E-state index < -0.39 is 17.3 Å². The fraction of sp³-hybridized carbons (Fsp3) is 0.652. The average Bonchev–Trinajstić information content (AvgIpc) is 2.93. The van der Waals surface area contributed by atoms with Gasteiger partial charge in [0.2, 0.25) is 0 Å². The second kappa shape index (κ2) is 8.10. The summed E-state index contributed by atoms with van der Waals surface area (Å²) < 4.78 is 11.1. The Balaban J connectivity index is 1.90. The van der Waals surface area contributed by atoms with E-state index in [1.54, 1.807) is 4.90 Å². The van der Waals surface area contributed by atoms with Gasteiger partial charge in [0.25, 0.3) is 0 Å². The molecule has 0 bridgehead atoms. The Labute approximate surface area is 179 Å². The van der Waals surface area contributed by atoms with Crippen molar-refractivity contribution in [3.8, 4) is 0 Å². The normalized spacial score (nSPS) is 18.1. The van der Waals surface area contributed by atoms with Gasteiger partial charge in [-0.2, -0.15) is 0 Å². The Morgan fingerprint density at radius 1 is 1.07 bits per heavy atom. The number of nitrogens with zero attached hydrogens (tertiary/aromatic N) is 1. The van der Waals surface area contributed by atoms with Crippen LogP contribution in [0.25, 0.3) is 0 Å². The third kappa shape index (κ3) is 5.06. The fourth-order valence-corrected chi connectivity index (χ4v) is 4.31. The van der Waals surface area contributed by atoms with E-state index in [0.29, 0.717) is 13.1 Å². The molecule has 0 atom stereocenters. The van der Waals surface area contributed by atoms with Crippen LogP contribution in [0.1, 0.15) is 65.5 Å². The van der Waals surface area contributed by atoms with Crippen LogP contribution in [0.15, 0.2) is 18.2 Å². The van der Waals surface area contributed by atoms with Gasteiger partial charge in [-0.1, -0.05) is 12.1 Å². The molecule has 0 aliphatic carbocycles. The van der Waals surface area contributed by atoms with E-state index in [1.807, 2.05) is 59.7 Å². The van der Waals surface area contributed by atoms with Gasteiger partial charge in [0.1, 0.15) is 11.2 Å². The van der Waals surface area contributed by atoms with E-state index >= 15 is 0 Å². The number of nitrogens with one attached hydrogen (secondary N) is 2. The number of hydrogen-bond acceptors (Lipinski definition) is 5. The zero-order chi connectivity index (χ0) is 22.2. The highest BCUT2D eigenvalue weighted by Gasteiger charge is 2.47. The maximum atomic E-state index is 13.0. The van der Waals surface area contributed by atoms with Crippen LogP contribution >= 0.6 is 0 Å². The SMILES string of the molecule is CC(C)(C)OC(=O)NCc1cccc2c1C1(CCNCC1)CN2C(=O)OC(C)(C)C. The lowest BCUT2D eigenvalue weighted by Gasteiger charge is -2.36. The number of piperidine rings is 1. The van der Waals surface area contributed by atoms with Crippen LogP contribution in [0.5, 0.6) is 0 Å². The molecule has 1 saturated heterocycles. The summed E-state index contributed by atoms with van der Waals surface area (Å²) in [6.07, 6.45) is 1.10. The molecule has 0 radical (unpaired) electrons. The standard InChI is InChI=1S/C23H35N3O4/c1-21(2,3)29-19(27)25-14-16-8-7-9-17-18(16)23(10-12-24-13-11-23)15-26(17)20(28)30-22(4,5)6/h7-9,24H,10-15H2,1-6H3,(H,25,27). The van der Waals surface area contributed by atoms with Crippen molar-refractivity contribution in [3.05, 3.63) is 29.3 Å². The topological polar surface area (TPSA) is 79.9 Å². The molecule has 0 aromatic heterocycles. The zero-order valence-corrected chi connectivity index (χ0v) is 19.1. The third-order valence-electron chi connectivity index (χ3n) is 5.41. The highest BCUT2D eigenvalue weighted by molar-refractivity contribution is 5.92. The number of fused-ring (bicyclic) bond motifs is 2. The summed E-state index contributed by atoms with van der Waals surface area (Å²) >= 11 is 0. The number of alkyl carbamates (subject to hydrolysis) is 1. The van der Waals surface area contributed by atoms with Crippen molar-refractivity contribution < 1.29 is 19.1 Å². The summed E-state index contributed by atoms with van der Waals surface area (Å²) in [5.74, 6) is 0. The number of benzene rings is 1. The number of hydrogen-bond donors (Lipinski definition) is 2. The summed E-state index contributed by atoms with van der Waals surface area (Å²) in [5.41, 5.74) is 1.81. The molecular formula is C23H35N3O4. The molecule has 2 aliphatic rings. The fourth-order valence-electron chi connectivity index (χ4n) is 4.31. The van der Waals surface area contributed by atoms with Crippen LogP contribution in [0, 0.1) is 0 Å². The number of anilines is 1. The third-order valence-corrected chi connectivity index (χ3v) is 5.41. The first-order valence-electron chi connectivity index (χ1n) is 10.7. The van der Waals surface area contributed by atoms with Gasteiger partial charge in [-0.05, 0) is 84.7 Å². The molecule has 1 fully saturated rings. The van der Waals surface area contributed by atoms with Crippen molar-refractivity contribution in [1.29, 1.82) is 0 Å². The maximum absolute atomic E-state index is 13.0. The smallest absolute Gasteiger partial charge is 0.414 e. The second-order valence-electron chi connectivity index (χ2n) is 10.3. The number of ether oxygens (including phenoxy) is 2. The predicted octanol–water partition coefficient (Wildman–Crippen LogP) is 4.09. The quantitative estimate of drug-likeness (QED) is 0.758. The van der Waals surface area contributed by atoms with Crippen LogP contribution in [0.2, 0.25) is 0 Å². The van der Waals surface area contributed by atoms with Gasteiger partial charge in [0.15, 0.2) is 0 Å². The average molecular weight is 418 g/mol. The van der Waals surface area contributed by atoms with E-state index in [0.717, 1.165) is 42.7 Å². The van der Waals surface area contributed by atoms with Crippen molar-refractivity contribution in [2.45, 2.75) is 77.5 Å². The summed E-state index contributed by atoms with van der Waals surface area (Å²) in [6.45, 7) is 13.9. The minimum atomic E-state index is -0.559. The Kier molecular flexibility index (Phi) is 6.05. The van der Waals surface area contributed by atoms with Gasteiger partial charge >= 0.3 is 12.2 Å². The molecule has 30 heavy (non-hydrogen) atoms. The van der Waals surface area contributed by atoms with Crippen LogP contribution in [-0.2, 0) is 21.4 Å². The molecule has 1 aromatic rings. The van der Waals surface area contributed by atoms with Crippen molar-refractivity contribution in [1.82, 2.24) is 10.6 Å². The van der Waals surface area contributed by atoms with Crippen LogP contribution in [0.3, 0.4) is 0 Å². The van der Waals surface area contributed by atoms with Gasteiger partial charge in [-0.3, -0.25) is 4.90 Å². The first-order valence-corrected chi connectivity index (χ1v) is 10.7. The van der Waals surface area contributed by atoms with E-state index in [1.165, 1.54) is 0 Å². The molecule has 2 amide bonds. The van der Waals surface area contributed by atoms with Crippen LogP contribution in [-0.4, -0.2) is 43.0 Å². The number of rotatable bonds is 2. The summed E-state index contributed by atoms with van der Waals surface area (Å²) in [5, 5.41) is 6.30. The molecule has 0 unspecified atom stereocenters. The molecule has 166 valence electrons. The molecular weight excluding hydrogens is 382 g/mol. The summed E-state index contributed by atoms with van der Waals surface area (Å²) in [7, 11) is 0. The van der Waals surface area contributed by atoms with Gasteiger partial charge in [-0.15, -0.1) is 0 Å². The highest BCUT2D eigenvalue weighted by Crippen LogP contribution is 2.48. The molecule has 2 N–H and O–H groups in total. The van der Waals surface area contributed by atoms with Crippen LogP contribution in [0.4, 0.5) is 15.3 Å². The highest BCUT2D eigenvalue weighted by atomic mass is 16.6. The van der Waals surface area contributed by atoms with Crippen molar-refractivity contribution in [2.24, 2.45) is 0 Å². The minimum absolute atomic E-state index is 0.135. The molecule has 0 saturated carbocycles.